The van der Waals surface area contributed by atoms with Crippen molar-refractivity contribution in [3.8, 4) is 0 Å². The Morgan fingerprint density at radius 1 is 1.19 bits per heavy atom. The zero-order valence-corrected chi connectivity index (χ0v) is 12.5. The average molecular weight is 286 g/mol. The summed E-state index contributed by atoms with van der Waals surface area (Å²) in [7, 11) is 1.80. The summed E-state index contributed by atoms with van der Waals surface area (Å²) in [5.41, 5.74) is 1.04. The van der Waals surface area contributed by atoms with Crippen molar-refractivity contribution in [2.24, 2.45) is 0 Å². The first kappa shape index (κ1) is 15.3. The zero-order valence-electron chi connectivity index (χ0n) is 12.5. The third-order valence-corrected chi connectivity index (χ3v) is 3.83. The molecule has 2 atom stereocenters. The van der Waals surface area contributed by atoms with E-state index in [9.17, 15) is 9.90 Å². The Morgan fingerprint density at radius 3 is 2.38 bits per heavy atom. The highest BCUT2D eigenvalue weighted by Crippen LogP contribution is 2.25. The van der Waals surface area contributed by atoms with E-state index in [0.29, 0.717) is 6.42 Å². The standard InChI is InChI=1S/C17H22N2O2/c1-14(19-11-6-7-12-19)17(21)18(2)16(10-13-20)15-8-4-3-5-9-15/h3-9,11-12,14,16,20H,10,13H2,1-2H3. The number of hydrogen-bond acceptors (Lipinski definition) is 2. The van der Waals surface area contributed by atoms with E-state index in [1.807, 2.05) is 66.3 Å². The molecule has 1 heterocycles. The molecule has 0 aliphatic heterocycles. The first-order chi connectivity index (χ1) is 10.1. The maximum absolute atomic E-state index is 12.7. The quantitative estimate of drug-likeness (QED) is 0.887. The van der Waals surface area contributed by atoms with Crippen molar-refractivity contribution in [1.82, 2.24) is 9.47 Å². The number of amides is 1. The van der Waals surface area contributed by atoms with Crippen molar-refractivity contribution < 1.29 is 9.90 Å². The molecular weight excluding hydrogens is 264 g/mol. The maximum Gasteiger partial charge on any atom is 0.245 e. The molecule has 21 heavy (non-hydrogen) atoms. The topological polar surface area (TPSA) is 45.5 Å². The second-order valence-corrected chi connectivity index (χ2v) is 5.19. The average Bonchev–Trinajstić information content (AvgIpc) is 3.05. The Labute approximate surface area is 125 Å². The number of carbonyl (C=O) groups excluding carboxylic acids is 1. The van der Waals surface area contributed by atoms with Crippen LogP contribution in [0.4, 0.5) is 0 Å². The number of aromatic nitrogens is 1. The maximum atomic E-state index is 12.7. The second kappa shape index (κ2) is 7.09. The minimum absolute atomic E-state index is 0.0357. The minimum Gasteiger partial charge on any atom is -0.396 e. The summed E-state index contributed by atoms with van der Waals surface area (Å²) < 4.78 is 1.89. The van der Waals surface area contributed by atoms with E-state index >= 15 is 0 Å². The second-order valence-electron chi connectivity index (χ2n) is 5.19. The Balaban J connectivity index is 2.18. The molecule has 4 nitrogen and oxygen atoms in total. The molecule has 2 rings (SSSR count). The fraction of sp³-hybridized carbons (Fsp3) is 0.353. The van der Waals surface area contributed by atoms with E-state index < -0.39 is 0 Å². The summed E-state index contributed by atoms with van der Waals surface area (Å²) in [6.45, 7) is 1.94. The number of rotatable bonds is 6. The first-order valence-corrected chi connectivity index (χ1v) is 7.20. The number of aliphatic hydroxyl groups is 1. The molecule has 112 valence electrons. The van der Waals surface area contributed by atoms with Gasteiger partial charge in [-0.25, -0.2) is 0 Å². The third-order valence-electron chi connectivity index (χ3n) is 3.83. The van der Waals surface area contributed by atoms with Crippen LogP contribution >= 0.6 is 0 Å². The molecule has 0 fully saturated rings. The highest BCUT2D eigenvalue weighted by Gasteiger charge is 2.25. The molecule has 0 saturated heterocycles. The van der Waals surface area contributed by atoms with E-state index in [1.165, 1.54) is 0 Å². The van der Waals surface area contributed by atoms with Gasteiger partial charge in [0.2, 0.25) is 5.91 Å². The van der Waals surface area contributed by atoms with Crippen molar-refractivity contribution in [3.63, 3.8) is 0 Å². The summed E-state index contributed by atoms with van der Waals surface area (Å²) in [6, 6.07) is 13.3. The SMILES string of the molecule is CC(C(=O)N(C)C(CCO)c1ccccc1)n1cccc1. The smallest absolute Gasteiger partial charge is 0.245 e. The van der Waals surface area contributed by atoms with Crippen molar-refractivity contribution in [1.29, 1.82) is 0 Å². The van der Waals surface area contributed by atoms with Gasteiger partial charge in [-0.2, -0.15) is 0 Å². The molecule has 0 aliphatic rings. The Morgan fingerprint density at radius 2 is 1.81 bits per heavy atom. The predicted octanol–water partition coefficient (Wildman–Crippen LogP) is 2.63. The van der Waals surface area contributed by atoms with Crippen LogP contribution in [0.25, 0.3) is 0 Å². The van der Waals surface area contributed by atoms with E-state index in [2.05, 4.69) is 0 Å². The van der Waals surface area contributed by atoms with Gasteiger partial charge < -0.3 is 14.6 Å². The highest BCUT2D eigenvalue weighted by molar-refractivity contribution is 5.80. The lowest BCUT2D eigenvalue weighted by atomic mass is 10.0. The molecule has 1 aromatic heterocycles. The number of benzene rings is 1. The van der Waals surface area contributed by atoms with Gasteiger partial charge in [-0.15, -0.1) is 0 Å². The molecule has 0 aliphatic carbocycles. The fourth-order valence-electron chi connectivity index (χ4n) is 2.56. The van der Waals surface area contributed by atoms with Crippen LogP contribution in [0.1, 0.15) is 31.0 Å². The fourth-order valence-corrected chi connectivity index (χ4v) is 2.56. The van der Waals surface area contributed by atoms with Gasteiger partial charge in [0.25, 0.3) is 0 Å². The first-order valence-electron chi connectivity index (χ1n) is 7.20. The van der Waals surface area contributed by atoms with Crippen molar-refractivity contribution in [2.75, 3.05) is 13.7 Å². The van der Waals surface area contributed by atoms with Crippen LogP contribution in [-0.2, 0) is 4.79 Å². The van der Waals surface area contributed by atoms with Gasteiger partial charge in [0.1, 0.15) is 6.04 Å². The number of aliphatic hydroxyl groups excluding tert-OH is 1. The molecule has 2 aromatic rings. The lowest BCUT2D eigenvalue weighted by molar-refractivity contribution is -0.135. The molecule has 4 heteroatoms. The third kappa shape index (κ3) is 3.52. The number of hydrogen-bond donors (Lipinski definition) is 1. The van der Waals surface area contributed by atoms with Crippen LogP contribution in [0.3, 0.4) is 0 Å². The van der Waals surface area contributed by atoms with Gasteiger partial charge >= 0.3 is 0 Å². The summed E-state index contributed by atoms with van der Waals surface area (Å²) in [4.78, 5) is 14.4. The molecule has 0 bridgehead atoms. The normalized spacial score (nSPS) is 13.7. The Hall–Kier alpha value is -2.07. The Kier molecular flexibility index (Phi) is 5.17. The molecule has 1 amide bonds. The van der Waals surface area contributed by atoms with Crippen LogP contribution in [0, 0.1) is 0 Å². The van der Waals surface area contributed by atoms with Crippen LogP contribution in [0.2, 0.25) is 0 Å². The zero-order chi connectivity index (χ0) is 15.2. The van der Waals surface area contributed by atoms with Crippen LogP contribution < -0.4 is 0 Å². The van der Waals surface area contributed by atoms with Crippen LogP contribution in [0.15, 0.2) is 54.9 Å². The Bertz CT molecular complexity index is 551. The van der Waals surface area contributed by atoms with Crippen molar-refractivity contribution in [3.05, 3.63) is 60.4 Å². The van der Waals surface area contributed by atoms with Crippen molar-refractivity contribution >= 4 is 5.91 Å². The number of likely N-dealkylation sites (N-methyl/N-ethyl adjacent to an activating group) is 1. The van der Waals surface area contributed by atoms with Gasteiger partial charge in [0.05, 0.1) is 6.04 Å². The summed E-state index contributed by atoms with van der Waals surface area (Å²) in [5, 5.41) is 9.31. The monoisotopic (exact) mass is 286 g/mol. The predicted molar refractivity (Wildman–Crippen MR) is 82.8 cm³/mol. The van der Waals surface area contributed by atoms with Crippen LogP contribution in [0.5, 0.6) is 0 Å². The lowest BCUT2D eigenvalue weighted by Gasteiger charge is -2.31. The van der Waals surface area contributed by atoms with Crippen LogP contribution in [-0.4, -0.2) is 34.1 Å². The molecule has 0 radical (unpaired) electrons. The molecule has 1 aromatic carbocycles. The van der Waals surface area contributed by atoms with Gasteiger partial charge in [-0.3, -0.25) is 4.79 Å². The van der Waals surface area contributed by atoms with Gasteiger partial charge in [0, 0.05) is 26.0 Å². The van der Waals surface area contributed by atoms with E-state index in [-0.39, 0.29) is 24.6 Å². The van der Waals surface area contributed by atoms with E-state index in [1.54, 1.807) is 11.9 Å². The van der Waals surface area contributed by atoms with Crippen molar-refractivity contribution in [2.45, 2.75) is 25.4 Å². The van der Waals surface area contributed by atoms with Gasteiger partial charge in [-0.05, 0) is 31.0 Å². The largest absolute Gasteiger partial charge is 0.396 e. The lowest BCUT2D eigenvalue weighted by Crippen LogP contribution is -2.36. The molecule has 2 unspecified atom stereocenters. The molecular formula is C17H22N2O2. The summed E-state index contributed by atoms with van der Waals surface area (Å²) in [6.07, 6.45) is 4.31. The number of nitrogens with zero attached hydrogens (tertiary/aromatic N) is 2. The van der Waals surface area contributed by atoms with E-state index in [4.69, 9.17) is 0 Å². The summed E-state index contributed by atoms with van der Waals surface area (Å²) >= 11 is 0. The molecule has 0 saturated carbocycles. The number of carbonyl (C=O) groups is 1. The highest BCUT2D eigenvalue weighted by atomic mass is 16.3. The van der Waals surface area contributed by atoms with Gasteiger partial charge in [0.15, 0.2) is 0 Å². The molecule has 1 N–H and O–H groups in total. The van der Waals surface area contributed by atoms with E-state index in [0.717, 1.165) is 5.56 Å². The van der Waals surface area contributed by atoms with Gasteiger partial charge in [-0.1, -0.05) is 30.3 Å². The minimum atomic E-state index is -0.255. The molecule has 0 spiro atoms. The summed E-state index contributed by atoms with van der Waals surface area (Å²) in [5.74, 6) is 0.0357.